The van der Waals surface area contributed by atoms with Crippen LogP contribution in [0.3, 0.4) is 0 Å². The summed E-state index contributed by atoms with van der Waals surface area (Å²) < 4.78 is 15.4. The number of benzene rings is 1. The second-order valence-electron chi connectivity index (χ2n) is 4.82. The lowest BCUT2D eigenvalue weighted by molar-refractivity contribution is -0.146. The zero-order valence-corrected chi connectivity index (χ0v) is 11.4. The number of carbonyl (C=O) groups excluding carboxylic acids is 1. The molecule has 0 aliphatic carbocycles. The molecule has 0 fully saturated rings. The SMILES string of the molecule is COC(=O)C(CNc1ccc2c(c1)OCO2)C(C)C. The summed E-state index contributed by atoms with van der Waals surface area (Å²) in [7, 11) is 1.41. The number of hydrogen-bond donors (Lipinski definition) is 1. The van der Waals surface area contributed by atoms with E-state index in [1.165, 1.54) is 7.11 Å². The number of fused-ring (bicyclic) bond motifs is 1. The molecule has 1 aliphatic heterocycles. The van der Waals surface area contributed by atoms with Crippen LogP contribution in [0.4, 0.5) is 5.69 Å². The van der Waals surface area contributed by atoms with Crippen molar-refractivity contribution in [2.24, 2.45) is 11.8 Å². The molecule has 104 valence electrons. The summed E-state index contributed by atoms with van der Waals surface area (Å²) in [6, 6.07) is 5.63. The highest BCUT2D eigenvalue weighted by molar-refractivity contribution is 5.73. The molecule has 0 saturated heterocycles. The van der Waals surface area contributed by atoms with Gasteiger partial charge in [0.1, 0.15) is 0 Å². The molecule has 1 atom stereocenters. The first kappa shape index (κ1) is 13.5. The number of hydrogen-bond acceptors (Lipinski definition) is 5. The molecule has 0 amide bonds. The Bertz CT molecular complexity index is 459. The molecular formula is C14H19NO4. The first-order valence-electron chi connectivity index (χ1n) is 6.33. The van der Waals surface area contributed by atoms with Gasteiger partial charge in [-0.3, -0.25) is 4.79 Å². The predicted octanol–water partition coefficient (Wildman–Crippen LogP) is 2.27. The molecule has 1 aromatic carbocycles. The molecule has 0 aromatic heterocycles. The minimum atomic E-state index is -0.191. The van der Waals surface area contributed by atoms with Gasteiger partial charge in [-0.25, -0.2) is 0 Å². The van der Waals surface area contributed by atoms with Gasteiger partial charge in [0.2, 0.25) is 6.79 Å². The third kappa shape index (κ3) is 3.10. The fraction of sp³-hybridized carbons (Fsp3) is 0.500. The maximum Gasteiger partial charge on any atom is 0.310 e. The Kier molecular flexibility index (Phi) is 4.14. The predicted molar refractivity (Wildman–Crippen MR) is 71.4 cm³/mol. The van der Waals surface area contributed by atoms with Crippen LogP contribution in [0.5, 0.6) is 11.5 Å². The van der Waals surface area contributed by atoms with Gasteiger partial charge in [0, 0.05) is 18.3 Å². The number of carbonyl (C=O) groups is 1. The van der Waals surface area contributed by atoms with E-state index >= 15 is 0 Å². The largest absolute Gasteiger partial charge is 0.469 e. The van der Waals surface area contributed by atoms with Gasteiger partial charge in [0.25, 0.3) is 0 Å². The van der Waals surface area contributed by atoms with E-state index in [1.807, 2.05) is 32.0 Å². The summed E-state index contributed by atoms with van der Waals surface area (Å²) in [5, 5.41) is 3.23. The molecule has 0 bridgehead atoms. The highest BCUT2D eigenvalue weighted by Gasteiger charge is 2.23. The van der Waals surface area contributed by atoms with Gasteiger partial charge in [-0.2, -0.15) is 0 Å². The van der Waals surface area contributed by atoms with Gasteiger partial charge in [-0.05, 0) is 18.1 Å². The van der Waals surface area contributed by atoms with Crippen LogP contribution in [0, 0.1) is 11.8 Å². The number of esters is 1. The number of ether oxygens (including phenoxy) is 3. The third-order valence-corrected chi connectivity index (χ3v) is 3.21. The van der Waals surface area contributed by atoms with Crippen molar-refractivity contribution in [2.45, 2.75) is 13.8 Å². The lowest BCUT2D eigenvalue weighted by atomic mass is 9.96. The van der Waals surface area contributed by atoms with Gasteiger partial charge in [0.05, 0.1) is 13.0 Å². The number of nitrogens with one attached hydrogen (secondary N) is 1. The Labute approximate surface area is 112 Å². The van der Waals surface area contributed by atoms with E-state index in [4.69, 9.17) is 14.2 Å². The summed E-state index contributed by atoms with van der Waals surface area (Å²) in [6.45, 7) is 4.80. The van der Waals surface area contributed by atoms with E-state index in [0.29, 0.717) is 6.54 Å². The van der Waals surface area contributed by atoms with Crippen molar-refractivity contribution in [3.8, 4) is 11.5 Å². The van der Waals surface area contributed by atoms with Gasteiger partial charge in [0.15, 0.2) is 11.5 Å². The second kappa shape index (κ2) is 5.82. The number of anilines is 1. The fourth-order valence-corrected chi connectivity index (χ4v) is 1.98. The van der Waals surface area contributed by atoms with Crippen molar-refractivity contribution in [1.82, 2.24) is 0 Å². The van der Waals surface area contributed by atoms with Gasteiger partial charge in [-0.1, -0.05) is 13.8 Å². The molecule has 0 radical (unpaired) electrons. The monoisotopic (exact) mass is 265 g/mol. The van der Waals surface area contributed by atoms with E-state index in [0.717, 1.165) is 17.2 Å². The smallest absolute Gasteiger partial charge is 0.310 e. The highest BCUT2D eigenvalue weighted by Crippen LogP contribution is 2.34. The molecule has 1 aromatic rings. The molecule has 1 aliphatic rings. The summed E-state index contributed by atoms with van der Waals surface area (Å²) in [5.74, 6) is 1.33. The van der Waals surface area contributed by atoms with Crippen LogP contribution < -0.4 is 14.8 Å². The second-order valence-corrected chi connectivity index (χ2v) is 4.82. The molecule has 19 heavy (non-hydrogen) atoms. The van der Waals surface area contributed by atoms with Gasteiger partial charge < -0.3 is 19.5 Å². The summed E-state index contributed by atoms with van der Waals surface area (Å²) >= 11 is 0. The van der Waals surface area contributed by atoms with Crippen molar-refractivity contribution < 1.29 is 19.0 Å². The van der Waals surface area contributed by atoms with Gasteiger partial charge in [-0.15, -0.1) is 0 Å². The minimum absolute atomic E-state index is 0.171. The quantitative estimate of drug-likeness (QED) is 0.828. The lowest BCUT2D eigenvalue weighted by Crippen LogP contribution is -2.28. The first-order chi connectivity index (χ1) is 9.11. The Morgan fingerprint density at radius 3 is 2.79 bits per heavy atom. The number of methoxy groups -OCH3 is 1. The molecule has 5 heteroatoms. The summed E-state index contributed by atoms with van der Waals surface area (Å²) in [6.07, 6.45) is 0. The molecule has 1 unspecified atom stereocenters. The first-order valence-corrected chi connectivity index (χ1v) is 6.33. The molecule has 2 rings (SSSR count). The Hall–Kier alpha value is -1.91. The van der Waals surface area contributed by atoms with Crippen molar-refractivity contribution in [3.05, 3.63) is 18.2 Å². The molecule has 1 heterocycles. The van der Waals surface area contributed by atoms with E-state index in [1.54, 1.807) is 0 Å². The van der Waals surface area contributed by atoms with Crippen LogP contribution in [0.2, 0.25) is 0 Å². The molecule has 0 spiro atoms. The van der Waals surface area contributed by atoms with Crippen LogP contribution in [0.15, 0.2) is 18.2 Å². The van der Waals surface area contributed by atoms with Crippen LogP contribution in [0.1, 0.15) is 13.8 Å². The summed E-state index contributed by atoms with van der Waals surface area (Å²) in [4.78, 5) is 11.7. The maximum absolute atomic E-state index is 11.7. The zero-order chi connectivity index (χ0) is 13.8. The standard InChI is InChI=1S/C14H19NO4/c1-9(2)11(14(16)17-3)7-15-10-4-5-12-13(6-10)19-8-18-12/h4-6,9,11,15H,7-8H2,1-3H3. The Balaban J connectivity index is 1.99. The maximum atomic E-state index is 11.7. The van der Waals surface area contributed by atoms with Crippen LogP contribution in [0.25, 0.3) is 0 Å². The van der Waals surface area contributed by atoms with Gasteiger partial charge >= 0.3 is 5.97 Å². The van der Waals surface area contributed by atoms with E-state index in [9.17, 15) is 4.79 Å². The van der Waals surface area contributed by atoms with Crippen molar-refractivity contribution in [2.75, 3.05) is 25.8 Å². The van der Waals surface area contributed by atoms with Crippen molar-refractivity contribution in [1.29, 1.82) is 0 Å². The topological polar surface area (TPSA) is 56.8 Å². The average molecular weight is 265 g/mol. The highest BCUT2D eigenvalue weighted by atomic mass is 16.7. The van der Waals surface area contributed by atoms with Crippen molar-refractivity contribution >= 4 is 11.7 Å². The van der Waals surface area contributed by atoms with E-state index in [2.05, 4.69) is 5.32 Å². The lowest BCUT2D eigenvalue weighted by Gasteiger charge is -2.19. The molecule has 1 N–H and O–H groups in total. The van der Waals surface area contributed by atoms with Crippen molar-refractivity contribution in [3.63, 3.8) is 0 Å². The summed E-state index contributed by atoms with van der Waals surface area (Å²) in [5.41, 5.74) is 0.902. The number of rotatable bonds is 5. The van der Waals surface area contributed by atoms with Crippen LogP contribution >= 0.6 is 0 Å². The van der Waals surface area contributed by atoms with Crippen LogP contribution in [-0.4, -0.2) is 26.4 Å². The van der Waals surface area contributed by atoms with E-state index in [-0.39, 0.29) is 24.6 Å². The minimum Gasteiger partial charge on any atom is -0.469 e. The fourth-order valence-electron chi connectivity index (χ4n) is 1.98. The molecule has 0 saturated carbocycles. The molecular weight excluding hydrogens is 246 g/mol. The van der Waals surface area contributed by atoms with Crippen LogP contribution in [-0.2, 0) is 9.53 Å². The third-order valence-electron chi connectivity index (χ3n) is 3.21. The van der Waals surface area contributed by atoms with E-state index < -0.39 is 0 Å². The molecule has 5 nitrogen and oxygen atoms in total. The Morgan fingerprint density at radius 1 is 1.37 bits per heavy atom. The Morgan fingerprint density at radius 2 is 2.11 bits per heavy atom. The normalized spacial score (nSPS) is 14.3. The zero-order valence-electron chi connectivity index (χ0n) is 11.4. The average Bonchev–Trinajstić information content (AvgIpc) is 2.85.